The van der Waals surface area contributed by atoms with Gasteiger partial charge in [-0.1, -0.05) is 12.1 Å². The molecule has 0 spiro atoms. The molecule has 0 saturated carbocycles. The van der Waals surface area contributed by atoms with E-state index in [4.69, 9.17) is 10.4 Å². The minimum Gasteiger partial charge on any atom is -0.465 e. The van der Waals surface area contributed by atoms with E-state index in [9.17, 15) is 9.59 Å². The van der Waals surface area contributed by atoms with Crippen LogP contribution in [0, 0.1) is 11.3 Å². The van der Waals surface area contributed by atoms with Crippen LogP contribution in [0.4, 0.5) is 4.79 Å². The van der Waals surface area contributed by atoms with Crippen LogP contribution in [0.1, 0.15) is 11.1 Å². The van der Waals surface area contributed by atoms with Gasteiger partial charge in [0, 0.05) is 20.5 Å². The van der Waals surface area contributed by atoms with Crippen LogP contribution in [0.3, 0.4) is 0 Å². The number of amides is 2. The van der Waals surface area contributed by atoms with Gasteiger partial charge in [-0.25, -0.2) is 4.79 Å². The number of hydrogen-bond acceptors (Lipinski definition) is 3. The molecule has 0 heterocycles. The molecular weight excluding hydrogens is 246 g/mol. The fourth-order valence-corrected chi connectivity index (χ4v) is 1.61. The molecule has 0 fully saturated rings. The summed E-state index contributed by atoms with van der Waals surface area (Å²) >= 11 is 0. The molecule has 2 amide bonds. The molecule has 0 radical (unpaired) electrons. The van der Waals surface area contributed by atoms with E-state index in [0.717, 1.165) is 5.56 Å². The van der Waals surface area contributed by atoms with Gasteiger partial charge in [0.05, 0.1) is 11.6 Å². The maximum Gasteiger partial charge on any atom is 0.405 e. The molecule has 0 saturated heterocycles. The van der Waals surface area contributed by atoms with Crippen LogP contribution in [0.15, 0.2) is 24.3 Å². The van der Waals surface area contributed by atoms with Gasteiger partial charge in [0.1, 0.15) is 6.04 Å². The molecule has 0 aromatic heterocycles. The Balaban J connectivity index is 2.84. The van der Waals surface area contributed by atoms with E-state index in [-0.39, 0.29) is 12.3 Å². The summed E-state index contributed by atoms with van der Waals surface area (Å²) in [6.45, 7) is 0. The number of benzene rings is 1. The Morgan fingerprint density at radius 3 is 2.37 bits per heavy atom. The molecule has 2 N–H and O–H groups in total. The standard InChI is InChI=1S/C13H15N3O3/c1-16(2)12(17)11(15-13(18)19)7-9-3-5-10(8-14)6-4-9/h3-6,11,15H,7H2,1-2H3,(H,18,19)/t11-/m0/s1. The van der Waals surface area contributed by atoms with Crippen LogP contribution in [0.5, 0.6) is 0 Å². The molecule has 0 aliphatic carbocycles. The highest BCUT2D eigenvalue weighted by Crippen LogP contribution is 2.07. The van der Waals surface area contributed by atoms with Gasteiger partial charge >= 0.3 is 6.09 Å². The minimum atomic E-state index is -1.24. The molecule has 0 bridgehead atoms. The highest BCUT2D eigenvalue weighted by Gasteiger charge is 2.22. The van der Waals surface area contributed by atoms with Crippen molar-refractivity contribution in [2.75, 3.05) is 14.1 Å². The van der Waals surface area contributed by atoms with Crippen molar-refractivity contribution in [3.8, 4) is 6.07 Å². The lowest BCUT2D eigenvalue weighted by molar-refractivity contribution is -0.130. The monoisotopic (exact) mass is 261 g/mol. The van der Waals surface area contributed by atoms with Crippen molar-refractivity contribution >= 4 is 12.0 Å². The number of carboxylic acid groups (broad SMARTS) is 1. The maximum absolute atomic E-state index is 11.9. The predicted octanol–water partition coefficient (Wildman–Crippen LogP) is 0.825. The maximum atomic E-state index is 11.9. The van der Waals surface area contributed by atoms with Crippen LogP contribution in [-0.4, -0.2) is 42.1 Å². The smallest absolute Gasteiger partial charge is 0.405 e. The van der Waals surface area contributed by atoms with Gasteiger partial charge in [-0.15, -0.1) is 0 Å². The number of nitrogens with zero attached hydrogens (tertiary/aromatic N) is 2. The van der Waals surface area contributed by atoms with Gasteiger partial charge in [-0.2, -0.15) is 5.26 Å². The van der Waals surface area contributed by atoms with Crippen molar-refractivity contribution < 1.29 is 14.7 Å². The Morgan fingerprint density at radius 2 is 1.95 bits per heavy atom. The van der Waals surface area contributed by atoms with Gasteiger partial charge in [-0.05, 0) is 17.7 Å². The third kappa shape index (κ3) is 4.32. The first-order valence-electron chi connectivity index (χ1n) is 5.63. The molecule has 1 aromatic carbocycles. The first-order valence-corrected chi connectivity index (χ1v) is 5.63. The number of hydrogen-bond donors (Lipinski definition) is 2. The third-order valence-electron chi connectivity index (χ3n) is 2.56. The van der Waals surface area contributed by atoms with Crippen molar-refractivity contribution in [3.63, 3.8) is 0 Å². The lowest BCUT2D eigenvalue weighted by Crippen LogP contribution is -2.47. The van der Waals surface area contributed by atoms with Crippen molar-refractivity contribution in [3.05, 3.63) is 35.4 Å². The summed E-state index contributed by atoms with van der Waals surface area (Å²) in [6, 6.07) is 7.84. The summed E-state index contributed by atoms with van der Waals surface area (Å²) in [7, 11) is 3.13. The van der Waals surface area contributed by atoms with E-state index < -0.39 is 12.1 Å². The van der Waals surface area contributed by atoms with E-state index in [1.54, 1.807) is 38.4 Å². The predicted molar refractivity (Wildman–Crippen MR) is 68.5 cm³/mol. The zero-order chi connectivity index (χ0) is 14.4. The summed E-state index contributed by atoms with van der Waals surface area (Å²) in [5.41, 5.74) is 1.30. The zero-order valence-corrected chi connectivity index (χ0v) is 10.8. The number of rotatable bonds is 4. The molecule has 6 heteroatoms. The van der Waals surface area contributed by atoms with E-state index in [1.807, 2.05) is 6.07 Å². The van der Waals surface area contributed by atoms with Gasteiger partial charge in [0.2, 0.25) is 5.91 Å². The van der Waals surface area contributed by atoms with Crippen molar-refractivity contribution in [2.24, 2.45) is 0 Å². The number of carbonyl (C=O) groups is 2. The average molecular weight is 261 g/mol. The lowest BCUT2D eigenvalue weighted by atomic mass is 10.0. The van der Waals surface area contributed by atoms with Gasteiger partial charge in [-0.3, -0.25) is 4.79 Å². The SMILES string of the molecule is CN(C)C(=O)[C@H](Cc1ccc(C#N)cc1)NC(=O)O. The van der Waals surface area contributed by atoms with Gasteiger partial charge in [0.25, 0.3) is 0 Å². The molecule has 0 aliphatic rings. The minimum absolute atomic E-state index is 0.245. The number of nitrogens with one attached hydrogen (secondary N) is 1. The van der Waals surface area contributed by atoms with Crippen molar-refractivity contribution in [1.29, 1.82) is 5.26 Å². The van der Waals surface area contributed by atoms with E-state index in [2.05, 4.69) is 5.32 Å². The van der Waals surface area contributed by atoms with E-state index >= 15 is 0 Å². The van der Waals surface area contributed by atoms with Crippen LogP contribution in [-0.2, 0) is 11.2 Å². The highest BCUT2D eigenvalue weighted by atomic mass is 16.4. The number of carbonyl (C=O) groups excluding carboxylic acids is 1. The Kier molecular flexibility index (Phi) is 4.89. The first kappa shape index (κ1) is 14.5. The first-order chi connectivity index (χ1) is 8.93. The lowest BCUT2D eigenvalue weighted by Gasteiger charge is -2.20. The summed E-state index contributed by atoms with van der Waals surface area (Å²) in [4.78, 5) is 23.9. The summed E-state index contributed by atoms with van der Waals surface area (Å²) in [6.07, 6.45) is -0.997. The topological polar surface area (TPSA) is 93.4 Å². The van der Waals surface area contributed by atoms with Crippen molar-refractivity contribution in [1.82, 2.24) is 10.2 Å². The largest absolute Gasteiger partial charge is 0.465 e. The molecule has 1 atom stereocenters. The fourth-order valence-electron chi connectivity index (χ4n) is 1.61. The quantitative estimate of drug-likeness (QED) is 0.839. The molecule has 6 nitrogen and oxygen atoms in total. The van der Waals surface area contributed by atoms with Crippen LogP contribution in [0.2, 0.25) is 0 Å². The van der Waals surface area contributed by atoms with Crippen LogP contribution >= 0.6 is 0 Å². The van der Waals surface area contributed by atoms with E-state index in [1.165, 1.54) is 4.90 Å². The molecule has 1 rings (SSSR count). The van der Waals surface area contributed by atoms with Gasteiger partial charge < -0.3 is 15.3 Å². The van der Waals surface area contributed by atoms with E-state index in [0.29, 0.717) is 5.56 Å². The Morgan fingerprint density at radius 1 is 1.37 bits per heavy atom. The second-order valence-electron chi connectivity index (χ2n) is 4.25. The summed E-state index contributed by atoms with van der Waals surface area (Å²) in [5, 5.41) is 19.6. The van der Waals surface area contributed by atoms with Gasteiger partial charge in [0.15, 0.2) is 0 Å². The normalized spacial score (nSPS) is 11.2. The molecule has 0 unspecified atom stereocenters. The third-order valence-corrected chi connectivity index (χ3v) is 2.56. The second-order valence-corrected chi connectivity index (χ2v) is 4.25. The molecular formula is C13H15N3O3. The van der Waals surface area contributed by atoms with Crippen LogP contribution in [0.25, 0.3) is 0 Å². The molecule has 100 valence electrons. The molecule has 19 heavy (non-hydrogen) atoms. The summed E-state index contributed by atoms with van der Waals surface area (Å²) in [5.74, 6) is -0.313. The summed E-state index contributed by atoms with van der Waals surface area (Å²) < 4.78 is 0. The highest BCUT2D eigenvalue weighted by molar-refractivity contribution is 5.85. The van der Waals surface area contributed by atoms with Crippen molar-refractivity contribution in [2.45, 2.75) is 12.5 Å². The second kappa shape index (κ2) is 6.40. The number of likely N-dealkylation sites (N-methyl/N-ethyl adjacent to an activating group) is 1. The zero-order valence-electron chi connectivity index (χ0n) is 10.8. The average Bonchev–Trinajstić information content (AvgIpc) is 2.37. The Hall–Kier alpha value is -2.55. The fraction of sp³-hybridized carbons (Fsp3) is 0.308. The Labute approximate surface area is 111 Å². The van der Waals surface area contributed by atoms with Crippen LogP contribution < -0.4 is 5.32 Å². The number of nitriles is 1. The Bertz CT molecular complexity index is 503. The molecule has 0 aliphatic heterocycles. The molecule has 1 aromatic rings.